The van der Waals surface area contributed by atoms with Gasteiger partial charge in [-0.3, -0.25) is 5.41 Å². The SMILES string of the molecule is Cc1cnnc(C)c1[C@H](C)Oc1ccc(N)c(C(=[NH2+])c2cc(C#N)cc(N3CCOCC3)c2)c1. The van der Waals surface area contributed by atoms with Gasteiger partial charge in [-0.15, -0.1) is 0 Å². The van der Waals surface area contributed by atoms with Gasteiger partial charge in [-0.1, -0.05) is 0 Å². The van der Waals surface area contributed by atoms with Crippen LogP contribution >= 0.6 is 0 Å². The van der Waals surface area contributed by atoms with Crippen LogP contribution in [0.5, 0.6) is 5.75 Å². The van der Waals surface area contributed by atoms with Crippen molar-refractivity contribution in [2.75, 3.05) is 36.9 Å². The molecule has 1 aliphatic heterocycles. The Bertz CT molecular complexity index is 1240. The number of nitrogens with zero attached hydrogens (tertiary/aromatic N) is 4. The Hall–Kier alpha value is -3.96. The van der Waals surface area contributed by atoms with Gasteiger partial charge < -0.3 is 20.1 Å². The Morgan fingerprint density at radius 2 is 1.97 bits per heavy atom. The van der Waals surface area contributed by atoms with Crippen LogP contribution in [-0.2, 0) is 4.74 Å². The number of nitrogen functional groups attached to an aromatic ring is 1. The minimum absolute atomic E-state index is 0.233. The highest BCUT2D eigenvalue weighted by atomic mass is 16.5. The molecular formula is C26H29N6O2+. The quantitative estimate of drug-likeness (QED) is 0.429. The Morgan fingerprint density at radius 1 is 1.21 bits per heavy atom. The minimum Gasteiger partial charge on any atom is -0.486 e. The summed E-state index contributed by atoms with van der Waals surface area (Å²) < 4.78 is 11.7. The number of nitriles is 1. The zero-order valence-electron chi connectivity index (χ0n) is 19.7. The second kappa shape index (κ2) is 9.89. The van der Waals surface area contributed by atoms with Crippen LogP contribution in [-0.4, -0.2) is 42.2 Å². The third kappa shape index (κ3) is 4.85. The molecule has 3 aromatic rings. The number of ether oxygens (including phenoxy) is 2. The summed E-state index contributed by atoms with van der Waals surface area (Å²) in [6, 6.07) is 13.3. The first-order valence-corrected chi connectivity index (χ1v) is 11.2. The zero-order valence-corrected chi connectivity index (χ0v) is 19.7. The van der Waals surface area contributed by atoms with Crippen molar-refractivity contribution in [2.24, 2.45) is 0 Å². The molecular weight excluding hydrogens is 428 g/mol. The smallest absolute Gasteiger partial charge is 0.213 e. The van der Waals surface area contributed by atoms with E-state index in [1.807, 2.05) is 45.0 Å². The lowest BCUT2D eigenvalue weighted by Gasteiger charge is -2.29. The van der Waals surface area contributed by atoms with Gasteiger partial charge in [0.1, 0.15) is 11.9 Å². The molecule has 174 valence electrons. The molecule has 8 nitrogen and oxygen atoms in total. The molecule has 4 rings (SSSR count). The van der Waals surface area contributed by atoms with Gasteiger partial charge in [0.15, 0.2) is 0 Å². The van der Waals surface area contributed by atoms with Crippen LogP contribution in [0.3, 0.4) is 0 Å². The van der Waals surface area contributed by atoms with Crippen LogP contribution in [0.4, 0.5) is 11.4 Å². The summed E-state index contributed by atoms with van der Waals surface area (Å²) in [4.78, 5) is 2.19. The van der Waals surface area contributed by atoms with E-state index in [-0.39, 0.29) is 6.10 Å². The first kappa shape index (κ1) is 23.2. The highest BCUT2D eigenvalue weighted by Crippen LogP contribution is 2.29. The average Bonchev–Trinajstić information content (AvgIpc) is 2.85. The number of hydrogen-bond acceptors (Lipinski definition) is 7. The molecule has 34 heavy (non-hydrogen) atoms. The molecule has 0 amide bonds. The molecule has 0 unspecified atom stereocenters. The fourth-order valence-electron chi connectivity index (χ4n) is 4.32. The number of aromatic nitrogens is 2. The molecule has 1 aliphatic rings. The van der Waals surface area contributed by atoms with Crippen molar-refractivity contribution >= 4 is 17.1 Å². The van der Waals surface area contributed by atoms with Gasteiger partial charge in [0.25, 0.3) is 0 Å². The van der Waals surface area contributed by atoms with Crippen molar-refractivity contribution in [3.05, 3.63) is 76.1 Å². The molecule has 2 heterocycles. The second-order valence-corrected chi connectivity index (χ2v) is 8.43. The molecule has 0 bridgehead atoms. The van der Waals surface area contributed by atoms with Crippen LogP contribution < -0.4 is 20.8 Å². The lowest BCUT2D eigenvalue weighted by atomic mass is 9.98. The summed E-state index contributed by atoms with van der Waals surface area (Å²) in [7, 11) is 0. The normalized spacial score (nSPS) is 14.4. The standard InChI is InChI=1S/C26H28N6O2/c1-16-15-30-31-17(2)25(16)18(3)34-22-4-5-24(28)23(13-22)26(29)20-10-19(14-27)11-21(12-20)32-6-8-33-9-7-32/h4-5,10-13,15,18,29H,6-9,28H2,1-3H3/p+1/t18-/m0/s1. The van der Waals surface area contributed by atoms with Crippen molar-refractivity contribution in [3.8, 4) is 11.8 Å². The number of aryl methyl sites for hydroxylation is 2. The second-order valence-electron chi connectivity index (χ2n) is 8.43. The van der Waals surface area contributed by atoms with Gasteiger partial charge in [-0.2, -0.15) is 15.5 Å². The first-order chi connectivity index (χ1) is 16.4. The first-order valence-electron chi connectivity index (χ1n) is 11.2. The Kier molecular flexibility index (Phi) is 6.75. The van der Waals surface area contributed by atoms with E-state index in [1.165, 1.54) is 0 Å². The third-order valence-corrected chi connectivity index (χ3v) is 6.04. The molecule has 0 saturated carbocycles. The Morgan fingerprint density at radius 3 is 2.68 bits per heavy atom. The maximum atomic E-state index is 9.59. The summed E-state index contributed by atoms with van der Waals surface area (Å²) in [6.07, 6.45) is 1.50. The maximum absolute atomic E-state index is 9.59. The third-order valence-electron chi connectivity index (χ3n) is 6.04. The van der Waals surface area contributed by atoms with Crippen molar-refractivity contribution in [3.63, 3.8) is 0 Å². The maximum Gasteiger partial charge on any atom is 0.213 e. The van der Waals surface area contributed by atoms with E-state index in [9.17, 15) is 5.26 Å². The van der Waals surface area contributed by atoms with Crippen molar-refractivity contribution in [1.29, 1.82) is 5.26 Å². The van der Waals surface area contributed by atoms with E-state index in [4.69, 9.17) is 20.6 Å². The largest absolute Gasteiger partial charge is 0.486 e. The van der Waals surface area contributed by atoms with E-state index in [0.29, 0.717) is 41.5 Å². The predicted octanol–water partition coefficient (Wildman–Crippen LogP) is 2.12. The number of morpholine rings is 1. The highest BCUT2D eigenvalue weighted by molar-refractivity contribution is 6.12. The molecule has 1 atom stereocenters. The minimum atomic E-state index is -0.233. The molecule has 8 heteroatoms. The van der Waals surface area contributed by atoms with Gasteiger partial charge >= 0.3 is 0 Å². The van der Waals surface area contributed by atoms with E-state index < -0.39 is 0 Å². The number of rotatable bonds is 6. The Balaban J connectivity index is 1.64. The number of nitrogens with two attached hydrogens (primary N) is 2. The average molecular weight is 458 g/mol. The summed E-state index contributed by atoms with van der Waals surface area (Å²) in [6.45, 7) is 8.73. The molecule has 1 aromatic heterocycles. The van der Waals surface area contributed by atoms with E-state index >= 15 is 0 Å². The molecule has 2 aromatic carbocycles. The fourth-order valence-corrected chi connectivity index (χ4v) is 4.32. The molecule has 0 spiro atoms. The topological polar surface area (TPSA) is 123 Å². The number of anilines is 2. The van der Waals surface area contributed by atoms with Crippen LogP contribution in [0, 0.1) is 25.2 Å². The molecule has 1 saturated heterocycles. The molecule has 0 radical (unpaired) electrons. The molecule has 0 aliphatic carbocycles. The van der Waals surface area contributed by atoms with Crippen LogP contribution in [0.15, 0.2) is 42.6 Å². The van der Waals surface area contributed by atoms with Crippen LogP contribution in [0.25, 0.3) is 0 Å². The van der Waals surface area contributed by atoms with Crippen molar-refractivity contribution < 1.29 is 14.9 Å². The molecule has 4 N–H and O–H groups in total. The van der Waals surface area contributed by atoms with Crippen LogP contribution in [0.1, 0.15) is 46.5 Å². The summed E-state index contributed by atoms with van der Waals surface area (Å²) in [5.74, 6) is 0.639. The number of hydrogen-bond donors (Lipinski definition) is 2. The van der Waals surface area contributed by atoms with Gasteiger partial charge in [-0.05, 0) is 62.7 Å². The van der Waals surface area contributed by atoms with E-state index in [0.717, 1.165) is 41.2 Å². The highest BCUT2D eigenvalue weighted by Gasteiger charge is 2.21. The van der Waals surface area contributed by atoms with Gasteiger partial charge in [0.2, 0.25) is 5.71 Å². The van der Waals surface area contributed by atoms with E-state index in [2.05, 4.69) is 21.2 Å². The van der Waals surface area contributed by atoms with Crippen LogP contribution in [0.2, 0.25) is 0 Å². The van der Waals surface area contributed by atoms with Gasteiger partial charge in [0, 0.05) is 35.6 Å². The summed E-state index contributed by atoms with van der Waals surface area (Å²) >= 11 is 0. The Labute approximate surface area is 199 Å². The van der Waals surface area contributed by atoms with Crippen molar-refractivity contribution in [1.82, 2.24) is 10.2 Å². The van der Waals surface area contributed by atoms with Gasteiger partial charge in [-0.25, -0.2) is 0 Å². The number of benzene rings is 2. The van der Waals surface area contributed by atoms with Gasteiger partial charge in [0.05, 0.1) is 42.3 Å². The zero-order chi connectivity index (χ0) is 24.2. The summed E-state index contributed by atoms with van der Waals surface area (Å²) in [5.41, 5.74) is 13.1. The predicted molar refractivity (Wildman–Crippen MR) is 131 cm³/mol. The monoisotopic (exact) mass is 457 g/mol. The van der Waals surface area contributed by atoms with E-state index in [1.54, 1.807) is 18.3 Å². The lowest BCUT2D eigenvalue weighted by Crippen LogP contribution is -2.42. The summed E-state index contributed by atoms with van der Waals surface area (Å²) in [5, 5.41) is 24.3. The van der Waals surface area contributed by atoms with Crippen molar-refractivity contribution in [2.45, 2.75) is 26.9 Å². The molecule has 1 fully saturated rings. The lowest BCUT2D eigenvalue weighted by molar-refractivity contribution is -0.111. The fraction of sp³-hybridized carbons (Fsp3) is 0.308.